The molecule has 0 unspecified atom stereocenters. The van der Waals surface area contributed by atoms with E-state index in [1.807, 2.05) is 29.2 Å². The van der Waals surface area contributed by atoms with Gasteiger partial charge in [0.05, 0.1) is 24.8 Å². The van der Waals surface area contributed by atoms with Crippen molar-refractivity contribution in [2.45, 2.75) is 0 Å². The Bertz CT molecular complexity index is 1200. The van der Waals surface area contributed by atoms with Crippen molar-refractivity contribution in [3.05, 3.63) is 81.8 Å². The largest absolute Gasteiger partial charge is 0.497 e. The molecule has 3 aromatic carbocycles. The van der Waals surface area contributed by atoms with Crippen LogP contribution < -0.4 is 19.7 Å². The number of carbonyl (C=O) groups is 2. The molecule has 1 saturated heterocycles. The van der Waals surface area contributed by atoms with Crippen LogP contribution in [-0.2, 0) is 0 Å². The van der Waals surface area contributed by atoms with Gasteiger partial charge in [0, 0.05) is 54.2 Å². The van der Waals surface area contributed by atoms with Crippen molar-refractivity contribution >= 4 is 46.4 Å². The summed E-state index contributed by atoms with van der Waals surface area (Å²) in [5.74, 6) is 0.776. The highest BCUT2D eigenvalue weighted by molar-refractivity contribution is 6.36. The molecule has 1 N–H and O–H groups in total. The number of nitrogens with one attached hydrogen (secondary N) is 1. The van der Waals surface area contributed by atoms with Gasteiger partial charge in [0.15, 0.2) is 0 Å². The Kier molecular flexibility index (Phi) is 7.68. The lowest BCUT2D eigenvalue weighted by atomic mass is 10.1. The SMILES string of the molecule is COc1cc(OC)cc(C(=O)N2CCN(c3ccc(NC(=O)c4cc(Cl)ccc4Cl)cc3)CC2)c1. The number of benzene rings is 3. The normalized spacial score (nSPS) is 13.4. The maximum atomic E-state index is 13.0. The topological polar surface area (TPSA) is 71.1 Å². The molecule has 1 aliphatic rings. The maximum Gasteiger partial charge on any atom is 0.257 e. The van der Waals surface area contributed by atoms with Crippen LogP contribution in [0.25, 0.3) is 0 Å². The molecule has 0 spiro atoms. The second-order valence-corrected chi connectivity index (χ2v) is 8.85. The molecular weight excluding hydrogens is 489 g/mol. The summed E-state index contributed by atoms with van der Waals surface area (Å²) in [5.41, 5.74) is 2.52. The van der Waals surface area contributed by atoms with E-state index in [1.54, 1.807) is 44.6 Å². The molecule has 35 heavy (non-hydrogen) atoms. The first kappa shape index (κ1) is 24.7. The van der Waals surface area contributed by atoms with E-state index >= 15 is 0 Å². The van der Waals surface area contributed by atoms with Gasteiger partial charge < -0.3 is 24.6 Å². The summed E-state index contributed by atoms with van der Waals surface area (Å²) in [7, 11) is 3.12. The zero-order valence-electron chi connectivity index (χ0n) is 19.4. The molecule has 2 amide bonds. The molecule has 0 aromatic heterocycles. The quantitative estimate of drug-likeness (QED) is 0.488. The summed E-state index contributed by atoms with van der Waals surface area (Å²) in [6.45, 7) is 2.56. The fourth-order valence-corrected chi connectivity index (χ4v) is 4.28. The van der Waals surface area contributed by atoms with Gasteiger partial charge in [-0.25, -0.2) is 0 Å². The third-order valence-corrected chi connectivity index (χ3v) is 6.39. The van der Waals surface area contributed by atoms with Crippen LogP contribution in [0.15, 0.2) is 60.7 Å². The zero-order valence-corrected chi connectivity index (χ0v) is 20.9. The summed E-state index contributed by atoms with van der Waals surface area (Å²) >= 11 is 12.1. The average Bonchev–Trinajstić information content (AvgIpc) is 2.89. The van der Waals surface area contributed by atoms with Crippen LogP contribution in [0.3, 0.4) is 0 Å². The number of methoxy groups -OCH3 is 2. The van der Waals surface area contributed by atoms with Gasteiger partial charge >= 0.3 is 0 Å². The second kappa shape index (κ2) is 10.9. The molecule has 1 heterocycles. The van der Waals surface area contributed by atoms with Gasteiger partial charge in [0.25, 0.3) is 11.8 Å². The first-order valence-corrected chi connectivity index (χ1v) is 11.8. The van der Waals surface area contributed by atoms with E-state index < -0.39 is 0 Å². The van der Waals surface area contributed by atoms with E-state index in [1.165, 1.54) is 6.07 Å². The number of carbonyl (C=O) groups excluding carboxylic acids is 2. The number of hydrogen-bond donors (Lipinski definition) is 1. The third-order valence-electron chi connectivity index (χ3n) is 5.83. The van der Waals surface area contributed by atoms with Gasteiger partial charge in [-0.3, -0.25) is 9.59 Å². The van der Waals surface area contributed by atoms with Crippen molar-refractivity contribution in [3.63, 3.8) is 0 Å². The number of halogens is 2. The van der Waals surface area contributed by atoms with Gasteiger partial charge in [-0.15, -0.1) is 0 Å². The van der Waals surface area contributed by atoms with Crippen molar-refractivity contribution in [3.8, 4) is 11.5 Å². The lowest BCUT2D eigenvalue weighted by Crippen LogP contribution is -2.48. The lowest BCUT2D eigenvalue weighted by molar-refractivity contribution is 0.0746. The molecule has 9 heteroatoms. The van der Waals surface area contributed by atoms with Gasteiger partial charge in [-0.2, -0.15) is 0 Å². The Hall–Kier alpha value is -3.42. The monoisotopic (exact) mass is 513 g/mol. The summed E-state index contributed by atoms with van der Waals surface area (Å²) in [4.78, 5) is 29.6. The molecule has 1 fully saturated rings. The van der Waals surface area contributed by atoms with E-state index in [-0.39, 0.29) is 11.8 Å². The number of anilines is 2. The zero-order chi connectivity index (χ0) is 24.9. The van der Waals surface area contributed by atoms with Crippen LogP contribution >= 0.6 is 23.2 Å². The number of piperazine rings is 1. The first-order chi connectivity index (χ1) is 16.9. The van der Waals surface area contributed by atoms with Crippen molar-refractivity contribution in [1.29, 1.82) is 0 Å². The van der Waals surface area contributed by atoms with Crippen LogP contribution in [0.4, 0.5) is 11.4 Å². The molecule has 1 aliphatic heterocycles. The average molecular weight is 514 g/mol. The molecule has 0 saturated carbocycles. The van der Waals surface area contributed by atoms with Gasteiger partial charge in [-0.1, -0.05) is 23.2 Å². The molecule has 4 rings (SSSR count). The van der Waals surface area contributed by atoms with E-state index in [4.69, 9.17) is 32.7 Å². The van der Waals surface area contributed by atoms with Crippen LogP contribution in [0, 0.1) is 0 Å². The number of ether oxygens (including phenoxy) is 2. The minimum absolute atomic E-state index is 0.0559. The smallest absolute Gasteiger partial charge is 0.257 e. The van der Waals surface area contributed by atoms with Gasteiger partial charge in [0.1, 0.15) is 11.5 Å². The molecule has 0 radical (unpaired) electrons. The summed E-state index contributed by atoms with van der Waals surface area (Å²) in [6, 6.07) is 17.5. The maximum absolute atomic E-state index is 13.0. The van der Waals surface area contributed by atoms with Gasteiger partial charge in [-0.05, 0) is 54.6 Å². The molecular formula is C26H25Cl2N3O4. The highest BCUT2D eigenvalue weighted by Crippen LogP contribution is 2.26. The highest BCUT2D eigenvalue weighted by Gasteiger charge is 2.23. The predicted octanol–water partition coefficient (Wildman–Crippen LogP) is 5.23. The van der Waals surface area contributed by atoms with Gasteiger partial charge in [0.2, 0.25) is 0 Å². The van der Waals surface area contributed by atoms with Crippen molar-refractivity contribution in [2.75, 3.05) is 50.6 Å². The number of rotatable bonds is 6. The molecule has 7 nitrogen and oxygen atoms in total. The fraction of sp³-hybridized carbons (Fsp3) is 0.231. The predicted molar refractivity (Wildman–Crippen MR) is 139 cm³/mol. The van der Waals surface area contributed by atoms with E-state index in [2.05, 4.69) is 10.2 Å². The van der Waals surface area contributed by atoms with Crippen molar-refractivity contribution in [1.82, 2.24) is 4.90 Å². The standard InChI is InChI=1S/C26H25Cl2N3O4/c1-34-21-13-17(14-22(16-21)35-2)26(33)31-11-9-30(10-12-31)20-6-4-19(5-7-20)29-25(32)23-15-18(27)3-8-24(23)28/h3-8,13-16H,9-12H2,1-2H3,(H,29,32). The Morgan fingerprint density at radius 2 is 1.46 bits per heavy atom. The molecule has 0 aliphatic carbocycles. The Balaban J connectivity index is 1.36. The van der Waals surface area contributed by atoms with Crippen LogP contribution in [0.1, 0.15) is 20.7 Å². The summed E-state index contributed by atoms with van der Waals surface area (Å²) < 4.78 is 10.6. The van der Waals surface area contributed by atoms with E-state index in [0.29, 0.717) is 64.5 Å². The molecule has 0 atom stereocenters. The van der Waals surface area contributed by atoms with Crippen molar-refractivity contribution in [2.24, 2.45) is 0 Å². The van der Waals surface area contributed by atoms with Crippen LogP contribution in [-0.4, -0.2) is 57.1 Å². The molecule has 0 bridgehead atoms. The summed E-state index contributed by atoms with van der Waals surface area (Å²) in [5, 5.41) is 3.62. The molecule has 3 aromatic rings. The number of hydrogen-bond acceptors (Lipinski definition) is 5. The van der Waals surface area contributed by atoms with E-state index in [0.717, 1.165) is 5.69 Å². The summed E-state index contributed by atoms with van der Waals surface area (Å²) in [6.07, 6.45) is 0. The number of nitrogens with zero attached hydrogens (tertiary/aromatic N) is 2. The Morgan fingerprint density at radius 3 is 2.06 bits per heavy atom. The fourth-order valence-electron chi connectivity index (χ4n) is 3.91. The van der Waals surface area contributed by atoms with E-state index in [9.17, 15) is 9.59 Å². The number of amides is 2. The minimum Gasteiger partial charge on any atom is -0.497 e. The Labute approximate surface area is 214 Å². The first-order valence-electron chi connectivity index (χ1n) is 11.0. The second-order valence-electron chi connectivity index (χ2n) is 8.01. The third kappa shape index (κ3) is 5.81. The molecule has 182 valence electrons. The Morgan fingerprint density at radius 1 is 0.829 bits per heavy atom. The minimum atomic E-state index is -0.327. The lowest BCUT2D eigenvalue weighted by Gasteiger charge is -2.36. The van der Waals surface area contributed by atoms with Crippen molar-refractivity contribution < 1.29 is 19.1 Å². The van der Waals surface area contributed by atoms with Crippen LogP contribution in [0.5, 0.6) is 11.5 Å². The van der Waals surface area contributed by atoms with Crippen LogP contribution in [0.2, 0.25) is 10.0 Å². The highest BCUT2D eigenvalue weighted by atomic mass is 35.5.